The van der Waals surface area contributed by atoms with E-state index in [0.29, 0.717) is 6.04 Å². The first-order valence-electron chi connectivity index (χ1n) is 7.83. The molecule has 2 aliphatic carbocycles. The third kappa shape index (κ3) is 2.10. The van der Waals surface area contributed by atoms with Gasteiger partial charge in [0.15, 0.2) is 0 Å². The molecular formula is C16H21N3S. The van der Waals surface area contributed by atoms with Crippen LogP contribution in [0.1, 0.15) is 49.5 Å². The number of aryl methyl sites for hydroxylation is 1. The van der Waals surface area contributed by atoms with E-state index in [9.17, 15) is 0 Å². The van der Waals surface area contributed by atoms with Crippen molar-refractivity contribution in [2.75, 3.05) is 5.32 Å². The molecule has 0 bridgehead atoms. The molecule has 0 saturated heterocycles. The molecule has 2 aliphatic rings. The molecule has 0 aliphatic heterocycles. The molecule has 3 nitrogen and oxygen atoms in total. The molecule has 0 unspecified atom stereocenters. The lowest BCUT2D eigenvalue weighted by atomic mass is 9.89. The SMILES string of the molecule is C[C@H]1CCc2c(sc3ncnc(NC4CCCC4)c23)C1. The van der Waals surface area contributed by atoms with Gasteiger partial charge in [0.25, 0.3) is 0 Å². The first-order valence-corrected chi connectivity index (χ1v) is 8.64. The number of hydrogen-bond acceptors (Lipinski definition) is 4. The standard InChI is InChI=1S/C16H21N3S/c1-10-6-7-12-13(8-10)20-16-14(12)15(17-9-18-16)19-11-4-2-3-5-11/h9-11H,2-8H2,1H3,(H,17,18,19)/t10-/m0/s1. The second-order valence-corrected chi connectivity index (χ2v) is 7.46. The van der Waals surface area contributed by atoms with Crippen molar-refractivity contribution in [1.29, 1.82) is 0 Å². The summed E-state index contributed by atoms with van der Waals surface area (Å²) in [5, 5.41) is 5.01. The van der Waals surface area contributed by atoms with E-state index in [1.165, 1.54) is 60.7 Å². The number of aromatic nitrogens is 2. The average Bonchev–Trinajstić information content (AvgIpc) is 3.05. The zero-order valence-electron chi connectivity index (χ0n) is 12.0. The van der Waals surface area contributed by atoms with Gasteiger partial charge in [-0.2, -0.15) is 0 Å². The Bertz CT molecular complexity index is 628. The van der Waals surface area contributed by atoms with E-state index < -0.39 is 0 Å². The summed E-state index contributed by atoms with van der Waals surface area (Å²) in [6.45, 7) is 2.36. The molecule has 1 N–H and O–H groups in total. The predicted molar refractivity (Wildman–Crippen MR) is 84.5 cm³/mol. The molecule has 4 rings (SSSR count). The average molecular weight is 287 g/mol. The highest BCUT2D eigenvalue weighted by molar-refractivity contribution is 7.19. The van der Waals surface area contributed by atoms with E-state index in [1.807, 2.05) is 11.3 Å². The fourth-order valence-electron chi connectivity index (χ4n) is 3.65. The van der Waals surface area contributed by atoms with Crippen molar-refractivity contribution >= 4 is 27.4 Å². The van der Waals surface area contributed by atoms with E-state index in [-0.39, 0.29) is 0 Å². The van der Waals surface area contributed by atoms with Crippen LogP contribution in [0.15, 0.2) is 6.33 Å². The number of anilines is 1. The summed E-state index contributed by atoms with van der Waals surface area (Å²) in [5.41, 5.74) is 1.53. The maximum Gasteiger partial charge on any atom is 0.138 e. The Morgan fingerprint density at radius 3 is 2.90 bits per heavy atom. The maximum absolute atomic E-state index is 4.55. The molecule has 0 amide bonds. The van der Waals surface area contributed by atoms with Crippen LogP contribution in [0.25, 0.3) is 10.2 Å². The number of nitrogens with zero attached hydrogens (tertiary/aromatic N) is 2. The van der Waals surface area contributed by atoms with Gasteiger partial charge in [-0.05, 0) is 43.6 Å². The Labute approximate surface area is 123 Å². The van der Waals surface area contributed by atoms with Gasteiger partial charge in [-0.1, -0.05) is 19.8 Å². The van der Waals surface area contributed by atoms with Crippen molar-refractivity contribution < 1.29 is 0 Å². The van der Waals surface area contributed by atoms with Gasteiger partial charge in [0.2, 0.25) is 0 Å². The van der Waals surface area contributed by atoms with Crippen LogP contribution in [-0.2, 0) is 12.8 Å². The normalized spacial score (nSPS) is 23.1. The van der Waals surface area contributed by atoms with Crippen molar-refractivity contribution in [3.05, 3.63) is 16.8 Å². The largest absolute Gasteiger partial charge is 0.367 e. The maximum atomic E-state index is 4.55. The topological polar surface area (TPSA) is 37.8 Å². The fraction of sp³-hybridized carbons (Fsp3) is 0.625. The van der Waals surface area contributed by atoms with E-state index in [2.05, 4.69) is 22.2 Å². The summed E-state index contributed by atoms with van der Waals surface area (Å²) in [6, 6.07) is 0.617. The van der Waals surface area contributed by atoms with Crippen LogP contribution in [0.5, 0.6) is 0 Å². The van der Waals surface area contributed by atoms with E-state index in [4.69, 9.17) is 0 Å². The van der Waals surface area contributed by atoms with Gasteiger partial charge in [0.1, 0.15) is 17.0 Å². The Morgan fingerprint density at radius 2 is 2.05 bits per heavy atom. The molecule has 0 radical (unpaired) electrons. The molecule has 20 heavy (non-hydrogen) atoms. The van der Waals surface area contributed by atoms with Gasteiger partial charge >= 0.3 is 0 Å². The quantitative estimate of drug-likeness (QED) is 0.900. The van der Waals surface area contributed by atoms with Gasteiger partial charge in [0.05, 0.1) is 5.39 Å². The highest BCUT2D eigenvalue weighted by Gasteiger charge is 2.24. The monoisotopic (exact) mass is 287 g/mol. The Kier molecular flexibility index (Phi) is 3.14. The zero-order chi connectivity index (χ0) is 13.5. The molecule has 0 aromatic carbocycles. The molecule has 0 spiro atoms. The fourth-order valence-corrected chi connectivity index (χ4v) is 5.00. The molecule has 106 valence electrons. The summed E-state index contributed by atoms with van der Waals surface area (Å²) < 4.78 is 0. The Balaban J connectivity index is 1.76. The second-order valence-electron chi connectivity index (χ2n) is 6.38. The van der Waals surface area contributed by atoms with Crippen LogP contribution >= 0.6 is 11.3 Å². The number of fused-ring (bicyclic) bond motifs is 3. The van der Waals surface area contributed by atoms with E-state index in [0.717, 1.165) is 11.7 Å². The molecule has 4 heteroatoms. The molecule has 2 aromatic rings. The lowest BCUT2D eigenvalue weighted by Crippen LogP contribution is -2.16. The summed E-state index contributed by atoms with van der Waals surface area (Å²) in [4.78, 5) is 11.8. The first kappa shape index (κ1) is 12.6. The van der Waals surface area contributed by atoms with Gasteiger partial charge in [0, 0.05) is 10.9 Å². The third-order valence-electron chi connectivity index (χ3n) is 4.79. The minimum Gasteiger partial charge on any atom is -0.367 e. The first-order chi connectivity index (χ1) is 9.81. The van der Waals surface area contributed by atoms with Crippen LogP contribution in [0.4, 0.5) is 5.82 Å². The molecule has 1 saturated carbocycles. The van der Waals surface area contributed by atoms with Crippen LogP contribution in [0.2, 0.25) is 0 Å². The molecule has 1 atom stereocenters. The Morgan fingerprint density at radius 1 is 1.20 bits per heavy atom. The van der Waals surface area contributed by atoms with Crippen molar-refractivity contribution in [2.45, 2.75) is 57.9 Å². The van der Waals surface area contributed by atoms with Crippen molar-refractivity contribution in [1.82, 2.24) is 9.97 Å². The minimum absolute atomic E-state index is 0.617. The van der Waals surface area contributed by atoms with Crippen LogP contribution < -0.4 is 5.32 Å². The number of hydrogen-bond donors (Lipinski definition) is 1. The van der Waals surface area contributed by atoms with Crippen molar-refractivity contribution in [3.8, 4) is 0 Å². The van der Waals surface area contributed by atoms with Gasteiger partial charge in [-0.25, -0.2) is 9.97 Å². The summed E-state index contributed by atoms with van der Waals surface area (Å²) in [7, 11) is 0. The number of nitrogens with one attached hydrogen (secondary N) is 1. The second kappa shape index (κ2) is 4.99. The lowest BCUT2D eigenvalue weighted by molar-refractivity contribution is 0.509. The van der Waals surface area contributed by atoms with Gasteiger partial charge in [-0.3, -0.25) is 0 Å². The highest BCUT2D eigenvalue weighted by atomic mass is 32.1. The summed E-state index contributed by atoms with van der Waals surface area (Å²) in [6.07, 6.45) is 10.7. The molecule has 2 aromatic heterocycles. The third-order valence-corrected chi connectivity index (χ3v) is 5.95. The molecule has 1 fully saturated rings. The van der Waals surface area contributed by atoms with Crippen molar-refractivity contribution in [2.24, 2.45) is 5.92 Å². The van der Waals surface area contributed by atoms with Gasteiger partial charge < -0.3 is 5.32 Å². The highest BCUT2D eigenvalue weighted by Crippen LogP contribution is 2.40. The predicted octanol–water partition coefficient (Wildman–Crippen LogP) is 4.17. The lowest BCUT2D eigenvalue weighted by Gasteiger charge is -2.19. The summed E-state index contributed by atoms with van der Waals surface area (Å²) >= 11 is 1.88. The van der Waals surface area contributed by atoms with E-state index >= 15 is 0 Å². The van der Waals surface area contributed by atoms with Crippen LogP contribution in [0, 0.1) is 5.92 Å². The van der Waals surface area contributed by atoms with Crippen LogP contribution in [-0.4, -0.2) is 16.0 Å². The number of thiophene rings is 1. The van der Waals surface area contributed by atoms with Crippen LogP contribution in [0.3, 0.4) is 0 Å². The summed E-state index contributed by atoms with van der Waals surface area (Å²) in [5.74, 6) is 1.91. The van der Waals surface area contributed by atoms with Gasteiger partial charge in [-0.15, -0.1) is 11.3 Å². The molecular weight excluding hydrogens is 266 g/mol. The number of rotatable bonds is 2. The molecule has 2 heterocycles. The zero-order valence-corrected chi connectivity index (χ0v) is 12.8. The minimum atomic E-state index is 0.617. The van der Waals surface area contributed by atoms with Crippen molar-refractivity contribution in [3.63, 3.8) is 0 Å². The van der Waals surface area contributed by atoms with E-state index in [1.54, 1.807) is 11.2 Å². The Hall–Kier alpha value is -1.16. The smallest absolute Gasteiger partial charge is 0.138 e.